The van der Waals surface area contributed by atoms with Crippen molar-refractivity contribution in [2.75, 3.05) is 39.3 Å². The maximum atomic E-state index is 12.1. The molecule has 1 saturated heterocycles. The average molecular weight is 243 g/mol. The topological polar surface area (TPSA) is 72.9 Å². The second-order valence-electron chi connectivity index (χ2n) is 4.19. The fourth-order valence-corrected chi connectivity index (χ4v) is 1.91. The number of urea groups is 1. The van der Waals surface area contributed by atoms with Crippen LogP contribution in [0.3, 0.4) is 0 Å². The number of aliphatic carboxylic acids is 1. The van der Waals surface area contributed by atoms with E-state index in [1.807, 2.05) is 6.92 Å². The Morgan fingerprint density at radius 3 is 2.76 bits per heavy atom. The molecule has 0 bridgehead atoms. The molecular formula is C11H21N3O3. The standard InChI is InChI=1S/C11H21N3O3/c1-2-6-14(9-10(15)16)11(17)13-7-3-4-12-5-8-13/h12H,2-9H2,1H3,(H,15,16). The van der Waals surface area contributed by atoms with Gasteiger partial charge in [-0.15, -0.1) is 0 Å². The predicted octanol–water partition coefficient (Wildman–Crippen LogP) is 0.198. The van der Waals surface area contributed by atoms with E-state index < -0.39 is 5.97 Å². The van der Waals surface area contributed by atoms with Crippen molar-refractivity contribution in [2.24, 2.45) is 0 Å². The van der Waals surface area contributed by atoms with Gasteiger partial charge in [-0.3, -0.25) is 4.79 Å². The molecule has 2 N–H and O–H groups in total. The molecule has 1 heterocycles. The molecule has 1 aliphatic rings. The summed E-state index contributed by atoms with van der Waals surface area (Å²) in [5.74, 6) is -0.959. The highest BCUT2D eigenvalue weighted by Crippen LogP contribution is 2.03. The lowest BCUT2D eigenvalue weighted by atomic mass is 10.3. The molecule has 6 heteroatoms. The van der Waals surface area contributed by atoms with Gasteiger partial charge >= 0.3 is 12.0 Å². The number of nitrogens with one attached hydrogen (secondary N) is 1. The van der Waals surface area contributed by atoms with Crippen LogP contribution in [-0.4, -0.2) is 66.2 Å². The van der Waals surface area contributed by atoms with Gasteiger partial charge in [0, 0.05) is 26.2 Å². The van der Waals surface area contributed by atoms with Crippen molar-refractivity contribution in [3.8, 4) is 0 Å². The van der Waals surface area contributed by atoms with Crippen LogP contribution in [0.2, 0.25) is 0 Å². The van der Waals surface area contributed by atoms with Crippen molar-refractivity contribution in [2.45, 2.75) is 19.8 Å². The van der Waals surface area contributed by atoms with Gasteiger partial charge in [0.05, 0.1) is 0 Å². The molecule has 98 valence electrons. The van der Waals surface area contributed by atoms with Crippen molar-refractivity contribution >= 4 is 12.0 Å². The van der Waals surface area contributed by atoms with Crippen LogP contribution in [0, 0.1) is 0 Å². The van der Waals surface area contributed by atoms with Gasteiger partial charge in [-0.05, 0) is 19.4 Å². The monoisotopic (exact) mass is 243 g/mol. The van der Waals surface area contributed by atoms with Gasteiger partial charge in [-0.2, -0.15) is 0 Å². The first-order valence-electron chi connectivity index (χ1n) is 6.11. The number of carbonyl (C=O) groups excluding carboxylic acids is 1. The molecule has 0 aromatic heterocycles. The highest BCUT2D eigenvalue weighted by atomic mass is 16.4. The van der Waals surface area contributed by atoms with Crippen molar-refractivity contribution in [3.05, 3.63) is 0 Å². The van der Waals surface area contributed by atoms with Crippen LogP contribution in [0.1, 0.15) is 19.8 Å². The Morgan fingerprint density at radius 2 is 2.12 bits per heavy atom. The molecule has 0 radical (unpaired) electrons. The van der Waals surface area contributed by atoms with Crippen LogP contribution in [0.4, 0.5) is 4.79 Å². The van der Waals surface area contributed by atoms with Gasteiger partial charge in [0.25, 0.3) is 0 Å². The first-order chi connectivity index (χ1) is 8.15. The van der Waals surface area contributed by atoms with E-state index in [4.69, 9.17) is 5.11 Å². The molecule has 17 heavy (non-hydrogen) atoms. The average Bonchev–Trinajstić information content (AvgIpc) is 2.55. The summed E-state index contributed by atoms with van der Waals surface area (Å²) in [6.45, 7) is 5.26. The van der Waals surface area contributed by atoms with Gasteiger partial charge in [0.1, 0.15) is 6.54 Å². The molecule has 0 saturated carbocycles. The van der Waals surface area contributed by atoms with E-state index in [0.29, 0.717) is 19.6 Å². The van der Waals surface area contributed by atoms with Crippen LogP contribution in [0.5, 0.6) is 0 Å². The summed E-state index contributed by atoms with van der Waals surface area (Å²) >= 11 is 0. The Kier molecular flexibility index (Phi) is 5.76. The minimum atomic E-state index is -0.959. The smallest absolute Gasteiger partial charge is 0.323 e. The molecule has 0 aromatic carbocycles. The SMILES string of the molecule is CCCN(CC(=O)O)C(=O)N1CCCNCC1. The van der Waals surface area contributed by atoms with E-state index >= 15 is 0 Å². The lowest BCUT2D eigenvalue weighted by Crippen LogP contribution is -2.46. The summed E-state index contributed by atoms with van der Waals surface area (Å²) in [6, 6.07) is -0.155. The van der Waals surface area contributed by atoms with Gasteiger partial charge in [0.15, 0.2) is 0 Å². The summed E-state index contributed by atoms with van der Waals surface area (Å²) in [5.41, 5.74) is 0. The zero-order valence-corrected chi connectivity index (χ0v) is 10.3. The normalized spacial score (nSPS) is 16.4. The molecule has 0 spiro atoms. The van der Waals surface area contributed by atoms with Crippen molar-refractivity contribution < 1.29 is 14.7 Å². The third-order valence-electron chi connectivity index (χ3n) is 2.70. The molecule has 0 aliphatic carbocycles. The van der Waals surface area contributed by atoms with E-state index in [0.717, 1.165) is 25.9 Å². The number of nitrogens with zero attached hydrogens (tertiary/aromatic N) is 2. The number of carbonyl (C=O) groups is 2. The van der Waals surface area contributed by atoms with Gasteiger partial charge < -0.3 is 20.2 Å². The van der Waals surface area contributed by atoms with Crippen molar-refractivity contribution in [1.29, 1.82) is 0 Å². The van der Waals surface area contributed by atoms with Crippen LogP contribution in [0.25, 0.3) is 0 Å². The molecule has 0 aromatic rings. The third-order valence-corrected chi connectivity index (χ3v) is 2.70. The Labute approximate surface area is 102 Å². The van der Waals surface area contributed by atoms with Gasteiger partial charge in [-0.25, -0.2) is 4.79 Å². The number of amides is 2. The van der Waals surface area contributed by atoms with E-state index in [1.165, 1.54) is 4.90 Å². The van der Waals surface area contributed by atoms with Gasteiger partial charge in [0.2, 0.25) is 0 Å². The molecule has 1 fully saturated rings. The fourth-order valence-electron chi connectivity index (χ4n) is 1.91. The Bertz CT molecular complexity index is 263. The van der Waals surface area contributed by atoms with Crippen molar-refractivity contribution in [1.82, 2.24) is 15.1 Å². The molecule has 0 unspecified atom stereocenters. The Hall–Kier alpha value is -1.30. The van der Waals surface area contributed by atoms with E-state index in [1.54, 1.807) is 4.90 Å². The summed E-state index contributed by atoms with van der Waals surface area (Å²) < 4.78 is 0. The first kappa shape index (κ1) is 13.8. The molecule has 2 amide bonds. The van der Waals surface area contributed by atoms with E-state index in [9.17, 15) is 9.59 Å². The predicted molar refractivity (Wildman–Crippen MR) is 64.0 cm³/mol. The molecular weight excluding hydrogens is 222 g/mol. The summed E-state index contributed by atoms with van der Waals surface area (Å²) in [7, 11) is 0. The largest absolute Gasteiger partial charge is 0.480 e. The van der Waals surface area contributed by atoms with Crippen LogP contribution < -0.4 is 5.32 Å². The second kappa shape index (κ2) is 7.11. The summed E-state index contributed by atoms with van der Waals surface area (Å²) in [6.07, 6.45) is 1.68. The molecule has 1 rings (SSSR count). The first-order valence-corrected chi connectivity index (χ1v) is 6.11. The summed E-state index contributed by atoms with van der Waals surface area (Å²) in [5, 5.41) is 12.0. The lowest BCUT2D eigenvalue weighted by molar-refractivity contribution is -0.137. The Morgan fingerprint density at radius 1 is 1.35 bits per heavy atom. The quantitative estimate of drug-likeness (QED) is 0.739. The van der Waals surface area contributed by atoms with Crippen LogP contribution in [0.15, 0.2) is 0 Å². The minimum absolute atomic E-state index is 0.155. The number of carboxylic acids is 1. The number of hydrogen-bond donors (Lipinski definition) is 2. The number of rotatable bonds is 4. The molecule has 1 aliphatic heterocycles. The van der Waals surface area contributed by atoms with Crippen LogP contribution in [-0.2, 0) is 4.79 Å². The van der Waals surface area contributed by atoms with Crippen LogP contribution >= 0.6 is 0 Å². The zero-order chi connectivity index (χ0) is 12.7. The minimum Gasteiger partial charge on any atom is -0.480 e. The third kappa shape index (κ3) is 4.60. The van der Waals surface area contributed by atoms with Crippen molar-refractivity contribution in [3.63, 3.8) is 0 Å². The van der Waals surface area contributed by atoms with E-state index in [2.05, 4.69) is 5.32 Å². The van der Waals surface area contributed by atoms with Gasteiger partial charge in [-0.1, -0.05) is 6.92 Å². The maximum absolute atomic E-state index is 12.1. The number of hydrogen-bond acceptors (Lipinski definition) is 3. The molecule has 6 nitrogen and oxygen atoms in total. The zero-order valence-electron chi connectivity index (χ0n) is 10.3. The fraction of sp³-hybridized carbons (Fsp3) is 0.818. The number of carboxylic acid groups (broad SMARTS) is 1. The van der Waals surface area contributed by atoms with E-state index in [-0.39, 0.29) is 12.6 Å². The highest BCUT2D eigenvalue weighted by Gasteiger charge is 2.22. The highest BCUT2D eigenvalue weighted by molar-refractivity contribution is 5.80. The lowest BCUT2D eigenvalue weighted by Gasteiger charge is -2.28. The molecule has 0 atom stereocenters. The summed E-state index contributed by atoms with van der Waals surface area (Å²) in [4.78, 5) is 26.0. The second-order valence-corrected chi connectivity index (χ2v) is 4.19. The maximum Gasteiger partial charge on any atom is 0.323 e. The Balaban J connectivity index is 2.57.